The van der Waals surface area contributed by atoms with E-state index in [1.54, 1.807) is 0 Å². The zero-order valence-corrected chi connectivity index (χ0v) is 5.95. The summed E-state index contributed by atoms with van der Waals surface area (Å²) in [5, 5.41) is 2.24. The molecular formula is C2H7NTa. The van der Waals surface area contributed by atoms with Crippen LogP contribution in [-0.2, 0) is 19.8 Å². The van der Waals surface area contributed by atoms with Crippen molar-refractivity contribution < 1.29 is 19.8 Å². The Morgan fingerprint density at radius 3 is 2.25 bits per heavy atom. The summed E-state index contributed by atoms with van der Waals surface area (Å²) in [5.74, 6) is 0. The van der Waals surface area contributed by atoms with Crippen LogP contribution in [0.15, 0.2) is 0 Å². The van der Waals surface area contributed by atoms with Crippen LogP contribution in [0.5, 0.6) is 0 Å². The standard InChI is InChI=1S/CH4N.CH3.Ta/c1-2;;/h1-2H2;1H3;. The third kappa shape index (κ3) is 2.70. The van der Waals surface area contributed by atoms with E-state index in [4.69, 9.17) is 5.73 Å². The molecule has 0 unspecified atom stereocenters. The van der Waals surface area contributed by atoms with Gasteiger partial charge in [-0.15, -0.1) is 0 Å². The molecule has 0 rings (SSSR count). The summed E-state index contributed by atoms with van der Waals surface area (Å²) in [6.07, 6.45) is 0. The van der Waals surface area contributed by atoms with E-state index in [1.807, 2.05) is 0 Å². The van der Waals surface area contributed by atoms with Crippen LogP contribution >= 0.6 is 0 Å². The fourth-order valence-electron chi connectivity index (χ4n) is 0. The van der Waals surface area contributed by atoms with E-state index < -0.39 is 0 Å². The van der Waals surface area contributed by atoms with E-state index in [2.05, 4.69) is 5.14 Å². The molecule has 1 nitrogen and oxygen atoms in total. The topological polar surface area (TPSA) is 26.0 Å². The maximum atomic E-state index is 5.11. The van der Waals surface area contributed by atoms with Crippen LogP contribution in [0.1, 0.15) is 0 Å². The molecule has 0 aliphatic carbocycles. The summed E-state index contributed by atoms with van der Waals surface area (Å²) in [4.78, 5) is 0. The van der Waals surface area contributed by atoms with Gasteiger partial charge in [-0.05, 0) is 0 Å². The van der Waals surface area contributed by atoms with Crippen molar-refractivity contribution in [1.29, 1.82) is 0 Å². The third-order valence-corrected chi connectivity index (χ3v) is 1.49. The molecule has 2 N–H and O–H groups in total. The molecule has 0 radical (unpaired) electrons. The molecule has 0 atom stereocenters. The van der Waals surface area contributed by atoms with E-state index in [0.717, 1.165) is 4.76 Å². The van der Waals surface area contributed by atoms with Gasteiger partial charge in [-0.2, -0.15) is 0 Å². The van der Waals surface area contributed by atoms with E-state index in [0.29, 0.717) is 0 Å². The van der Waals surface area contributed by atoms with Gasteiger partial charge in [0.25, 0.3) is 0 Å². The molecule has 0 spiro atoms. The molecular weight excluding hydrogens is 219 g/mol. The molecule has 2 heteroatoms. The predicted octanol–water partition coefficient (Wildman–Crippen LogP) is 0.0332. The molecule has 4 heavy (non-hydrogen) atoms. The second kappa shape index (κ2) is 3.70. The average Bonchev–Trinajstić information content (AvgIpc) is 1.37. The second-order valence-electron chi connectivity index (χ2n) is 0.499. The van der Waals surface area contributed by atoms with Crippen LogP contribution in [0, 0.1) is 0 Å². The Bertz CT molecular complexity index is 8.00. The SMILES string of the molecule is [CH3][Ta][CH2]N. The summed E-state index contributed by atoms with van der Waals surface area (Å²) in [7, 11) is 0. The van der Waals surface area contributed by atoms with Gasteiger partial charge in [0.2, 0.25) is 0 Å². The zero-order chi connectivity index (χ0) is 3.41. The first kappa shape index (κ1) is 4.70. The first-order valence-corrected chi connectivity index (χ1v) is 6.66. The van der Waals surface area contributed by atoms with E-state index >= 15 is 0 Å². The molecule has 0 aromatic carbocycles. The quantitative estimate of drug-likeness (QED) is 0.670. The van der Waals surface area contributed by atoms with Crippen LogP contribution in [-0.4, -0.2) is 4.76 Å². The van der Waals surface area contributed by atoms with Crippen LogP contribution < -0.4 is 5.73 Å². The fraction of sp³-hybridized carbons (Fsp3) is 1.00. The van der Waals surface area contributed by atoms with Crippen molar-refractivity contribution in [2.45, 2.75) is 5.14 Å². The minimum atomic E-state index is -0.0664. The first-order chi connectivity index (χ1) is 1.91. The van der Waals surface area contributed by atoms with Crippen molar-refractivity contribution in [2.75, 3.05) is 4.76 Å². The molecule has 25 valence electrons. The fourth-order valence-corrected chi connectivity index (χ4v) is 0. The Kier molecular flexibility index (Phi) is 4.35. The summed E-state index contributed by atoms with van der Waals surface area (Å²) in [6, 6.07) is 0. The van der Waals surface area contributed by atoms with Gasteiger partial charge in [-0.1, -0.05) is 0 Å². The number of hydrogen-bond acceptors (Lipinski definition) is 1. The van der Waals surface area contributed by atoms with Gasteiger partial charge in [0.15, 0.2) is 0 Å². The van der Waals surface area contributed by atoms with Crippen molar-refractivity contribution in [2.24, 2.45) is 5.73 Å². The molecule has 0 saturated heterocycles. The molecule has 0 aliphatic rings. The van der Waals surface area contributed by atoms with Crippen molar-refractivity contribution in [1.82, 2.24) is 0 Å². The second-order valence-corrected chi connectivity index (χ2v) is 4.08. The Hall–Kier alpha value is 0.700. The van der Waals surface area contributed by atoms with Crippen LogP contribution in [0.3, 0.4) is 0 Å². The summed E-state index contributed by atoms with van der Waals surface area (Å²) >= 11 is -0.0664. The van der Waals surface area contributed by atoms with Gasteiger partial charge in [-0.3, -0.25) is 0 Å². The summed E-state index contributed by atoms with van der Waals surface area (Å²) < 4.78 is 1.00. The molecule has 0 heterocycles. The molecule has 0 saturated carbocycles. The zero-order valence-electron chi connectivity index (χ0n) is 2.73. The van der Waals surface area contributed by atoms with E-state index in [9.17, 15) is 0 Å². The molecule has 0 fully saturated rings. The summed E-state index contributed by atoms with van der Waals surface area (Å²) in [5.41, 5.74) is 5.11. The number of rotatable bonds is 1. The Morgan fingerprint density at radius 2 is 2.25 bits per heavy atom. The monoisotopic (exact) mass is 226 g/mol. The van der Waals surface area contributed by atoms with Gasteiger partial charge < -0.3 is 0 Å². The Balaban J connectivity index is 1.97. The molecule has 0 bridgehead atoms. The Morgan fingerprint density at radius 1 is 2.00 bits per heavy atom. The number of nitrogens with two attached hydrogens (primary N) is 1. The van der Waals surface area contributed by atoms with Crippen molar-refractivity contribution in [3.05, 3.63) is 0 Å². The van der Waals surface area contributed by atoms with Gasteiger partial charge in [0.05, 0.1) is 0 Å². The van der Waals surface area contributed by atoms with Crippen molar-refractivity contribution >= 4 is 0 Å². The van der Waals surface area contributed by atoms with Gasteiger partial charge in [0.1, 0.15) is 0 Å². The normalized spacial score (nSPS) is 6.50. The van der Waals surface area contributed by atoms with Crippen LogP contribution in [0.25, 0.3) is 0 Å². The third-order valence-electron chi connectivity index (χ3n) is 0.183. The molecule has 0 aliphatic heterocycles. The van der Waals surface area contributed by atoms with Gasteiger partial charge in [-0.25, -0.2) is 0 Å². The maximum absolute atomic E-state index is 5.11. The molecule has 0 aromatic rings. The minimum absolute atomic E-state index is 0.0664. The summed E-state index contributed by atoms with van der Waals surface area (Å²) in [6.45, 7) is 0. The predicted molar refractivity (Wildman–Crippen MR) is 14.9 cm³/mol. The first-order valence-electron chi connectivity index (χ1n) is 1.17. The van der Waals surface area contributed by atoms with Crippen LogP contribution in [0.4, 0.5) is 0 Å². The van der Waals surface area contributed by atoms with Gasteiger partial charge >= 0.3 is 35.4 Å². The molecule has 0 aromatic heterocycles. The van der Waals surface area contributed by atoms with Crippen molar-refractivity contribution in [3.8, 4) is 0 Å². The van der Waals surface area contributed by atoms with E-state index in [1.165, 1.54) is 0 Å². The number of hydrogen-bond donors (Lipinski definition) is 1. The Labute approximate surface area is 35.9 Å². The average molecular weight is 226 g/mol. The van der Waals surface area contributed by atoms with E-state index in [-0.39, 0.29) is 19.8 Å². The van der Waals surface area contributed by atoms with Gasteiger partial charge in [0, 0.05) is 0 Å². The van der Waals surface area contributed by atoms with Crippen LogP contribution in [0.2, 0.25) is 5.14 Å². The van der Waals surface area contributed by atoms with Crippen molar-refractivity contribution in [3.63, 3.8) is 0 Å². The molecule has 0 amide bonds.